The average Bonchev–Trinajstić information content (AvgIpc) is 2.53. The van der Waals surface area contributed by atoms with Gasteiger partial charge in [-0.1, -0.05) is 25.4 Å². The lowest BCUT2D eigenvalue weighted by molar-refractivity contribution is -0.274. The van der Waals surface area contributed by atoms with Crippen molar-refractivity contribution in [2.45, 2.75) is 65.5 Å². The van der Waals surface area contributed by atoms with Crippen LogP contribution in [0.3, 0.4) is 0 Å². The monoisotopic (exact) mass is 425 g/mol. The normalized spacial score (nSPS) is 15.4. The van der Waals surface area contributed by atoms with E-state index in [-0.39, 0.29) is 23.0 Å². The molecule has 0 atom stereocenters. The topological polar surface area (TPSA) is 48.0 Å². The van der Waals surface area contributed by atoms with E-state index in [2.05, 4.69) is 4.74 Å². The number of likely N-dealkylation sites (tertiary alicyclic amines) is 1. The lowest BCUT2D eigenvalue weighted by Crippen LogP contribution is -2.44. The van der Waals surface area contributed by atoms with Crippen LogP contribution in [0.1, 0.15) is 47.5 Å². The molecule has 1 amide bonds. The molecule has 0 spiro atoms. The maximum absolute atomic E-state index is 12.3. The van der Waals surface area contributed by atoms with Gasteiger partial charge in [-0.05, 0) is 32.9 Å². The summed E-state index contributed by atoms with van der Waals surface area (Å²) in [6, 6.07) is 3.62. The molecule has 0 aliphatic carbocycles. The van der Waals surface area contributed by atoms with E-state index < -0.39 is 17.7 Å². The summed E-state index contributed by atoms with van der Waals surface area (Å²) in [6.07, 6.45) is -4.38. The minimum Gasteiger partial charge on any atom is -0.490 e. The Bertz CT molecular complexity index is 639. The first-order valence-corrected chi connectivity index (χ1v) is 9.50. The number of alkyl halides is 3. The van der Waals surface area contributed by atoms with E-state index in [4.69, 9.17) is 21.1 Å². The van der Waals surface area contributed by atoms with Gasteiger partial charge in [0.25, 0.3) is 0 Å². The number of nitrogens with zero attached hydrogens (tertiary/aromatic N) is 1. The smallest absolute Gasteiger partial charge is 0.490 e. The Hall–Kier alpha value is -1.83. The van der Waals surface area contributed by atoms with Gasteiger partial charge in [0.05, 0.1) is 0 Å². The van der Waals surface area contributed by atoms with Gasteiger partial charge in [0.1, 0.15) is 23.2 Å². The minimum atomic E-state index is -4.80. The Kier molecular flexibility index (Phi) is 8.73. The third-order valence-corrected chi connectivity index (χ3v) is 3.69. The molecule has 0 saturated carbocycles. The van der Waals surface area contributed by atoms with Crippen molar-refractivity contribution in [1.29, 1.82) is 0 Å². The maximum Gasteiger partial charge on any atom is 0.573 e. The zero-order chi connectivity index (χ0) is 21.5. The third kappa shape index (κ3) is 8.91. The quantitative estimate of drug-likeness (QED) is 0.592. The molecule has 0 bridgehead atoms. The average molecular weight is 426 g/mol. The van der Waals surface area contributed by atoms with Crippen molar-refractivity contribution in [2.24, 2.45) is 0 Å². The van der Waals surface area contributed by atoms with E-state index in [9.17, 15) is 18.0 Å². The molecular weight excluding hydrogens is 399 g/mol. The fraction of sp³-hybridized carbons (Fsp3) is 0.632. The van der Waals surface area contributed by atoms with Crippen LogP contribution in [0.4, 0.5) is 18.0 Å². The highest BCUT2D eigenvalue weighted by molar-refractivity contribution is 6.30. The van der Waals surface area contributed by atoms with Gasteiger partial charge in [0, 0.05) is 37.0 Å². The number of amides is 1. The van der Waals surface area contributed by atoms with Gasteiger partial charge in [-0.25, -0.2) is 4.79 Å². The van der Waals surface area contributed by atoms with Crippen LogP contribution >= 0.6 is 11.6 Å². The van der Waals surface area contributed by atoms with Crippen molar-refractivity contribution in [1.82, 2.24) is 4.90 Å². The molecule has 0 unspecified atom stereocenters. The SMILES string of the molecule is CC.CC(C)(C)OC(=O)N1CCC(Oc2cc(Cl)cc(OC(F)(F)F)c2)CC1. The summed E-state index contributed by atoms with van der Waals surface area (Å²) in [7, 11) is 0. The van der Waals surface area contributed by atoms with E-state index in [0.717, 1.165) is 12.1 Å². The molecule has 1 aliphatic rings. The fourth-order valence-electron chi connectivity index (χ4n) is 2.47. The molecule has 1 aromatic carbocycles. The molecule has 0 radical (unpaired) electrons. The molecule has 28 heavy (non-hydrogen) atoms. The Labute approximate surface area is 168 Å². The number of carbonyl (C=O) groups is 1. The van der Waals surface area contributed by atoms with E-state index >= 15 is 0 Å². The molecule has 0 aromatic heterocycles. The Morgan fingerprint density at radius 1 is 1.07 bits per heavy atom. The van der Waals surface area contributed by atoms with Crippen molar-refractivity contribution >= 4 is 17.7 Å². The minimum absolute atomic E-state index is 0.0768. The number of piperidine rings is 1. The predicted molar refractivity (Wildman–Crippen MR) is 101 cm³/mol. The number of benzene rings is 1. The zero-order valence-electron chi connectivity index (χ0n) is 16.7. The van der Waals surface area contributed by atoms with Crippen molar-refractivity contribution in [3.8, 4) is 11.5 Å². The van der Waals surface area contributed by atoms with Crippen molar-refractivity contribution in [3.63, 3.8) is 0 Å². The number of halogens is 4. The summed E-state index contributed by atoms with van der Waals surface area (Å²) < 4.78 is 51.9. The number of ether oxygens (including phenoxy) is 3. The largest absolute Gasteiger partial charge is 0.573 e. The molecule has 0 N–H and O–H groups in total. The molecule has 1 fully saturated rings. The molecule has 9 heteroatoms. The first-order valence-electron chi connectivity index (χ1n) is 9.12. The van der Waals surface area contributed by atoms with Crippen LogP contribution in [0.15, 0.2) is 18.2 Å². The van der Waals surface area contributed by atoms with Gasteiger partial charge in [-0.2, -0.15) is 0 Å². The van der Waals surface area contributed by atoms with Gasteiger partial charge < -0.3 is 19.1 Å². The number of hydrogen-bond donors (Lipinski definition) is 0. The van der Waals surface area contributed by atoms with Crippen LogP contribution in [-0.2, 0) is 4.74 Å². The maximum atomic E-state index is 12.3. The molecule has 160 valence electrons. The molecule has 5 nitrogen and oxygen atoms in total. The first-order chi connectivity index (χ1) is 12.9. The lowest BCUT2D eigenvalue weighted by Gasteiger charge is -2.33. The summed E-state index contributed by atoms with van der Waals surface area (Å²) in [5, 5.41) is 0.0768. The molecule has 1 saturated heterocycles. The highest BCUT2D eigenvalue weighted by atomic mass is 35.5. The Morgan fingerprint density at radius 2 is 1.61 bits per heavy atom. The second kappa shape index (κ2) is 10.1. The van der Waals surface area contributed by atoms with Crippen LogP contribution in [0, 0.1) is 0 Å². The van der Waals surface area contributed by atoms with Crippen molar-refractivity contribution < 1.29 is 32.2 Å². The number of hydrogen-bond acceptors (Lipinski definition) is 4. The molecule has 1 aliphatic heterocycles. The highest BCUT2D eigenvalue weighted by Gasteiger charge is 2.32. The van der Waals surface area contributed by atoms with Gasteiger partial charge in [0.15, 0.2) is 0 Å². The highest BCUT2D eigenvalue weighted by Crippen LogP contribution is 2.31. The summed E-state index contributed by atoms with van der Waals surface area (Å²) in [5.41, 5.74) is -0.569. The van der Waals surface area contributed by atoms with Crippen LogP contribution in [0.25, 0.3) is 0 Å². The standard InChI is InChI=1S/C17H21ClF3NO4.C2H6/c1-16(2,3)26-15(23)22-6-4-12(5-7-22)24-13-8-11(18)9-14(10-13)25-17(19,20)21;1-2/h8-10,12H,4-7H2,1-3H3;1-2H3. The van der Waals surface area contributed by atoms with Gasteiger partial charge in [-0.3, -0.25) is 0 Å². The zero-order valence-corrected chi connectivity index (χ0v) is 17.5. The van der Waals surface area contributed by atoms with E-state index in [1.807, 2.05) is 13.8 Å². The molecule has 1 heterocycles. The van der Waals surface area contributed by atoms with Crippen LogP contribution in [0.2, 0.25) is 5.02 Å². The van der Waals surface area contributed by atoms with E-state index in [0.29, 0.717) is 25.9 Å². The van der Waals surface area contributed by atoms with Crippen molar-refractivity contribution in [2.75, 3.05) is 13.1 Å². The second-order valence-corrected chi connectivity index (χ2v) is 7.39. The third-order valence-electron chi connectivity index (χ3n) is 3.47. The van der Waals surface area contributed by atoms with Gasteiger partial charge in [0.2, 0.25) is 0 Å². The fourth-order valence-corrected chi connectivity index (χ4v) is 2.69. The van der Waals surface area contributed by atoms with Crippen LogP contribution in [-0.4, -0.2) is 42.2 Å². The number of carbonyl (C=O) groups excluding carboxylic acids is 1. The Balaban J connectivity index is 0.00000190. The lowest BCUT2D eigenvalue weighted by atomic mass is 10.1. The van der Waals surface area contributed by atoms with Crippen molar-refractivity contribution in [3.05, 3.63) is 23.2 Å². The summed E-state index contributed by atoms with van der Waals surface area (Å²) in [5.74, 6) is -0.251. The molecule has 1 aromatic rings. The molecule has 2 rings (SSSR count). The first kappa shape index (κ1) is 24.2. The summed E-state index contributed by atoms with van der Waals surface area (Å²) >= 11 is 5.83. The van der Waals surface area contributed by atoms with E-state index in [1.165, 1.54) is 6.07 Å². The van der Waals surface area contributed by atoms with Gasteiger partial charge >= 0.3 is 12.5 Å². The van der Waals surface area contributed by atoms with E-state index in [1.54, 1.807) is 25.7 Å². The van der Waals surface area contributed by atoms with Crippen LogP contribution < -0.4 is 9.47 Å². The second-order valence-electron chi connectivity index (χ2n) is 6.96. The molecular formula is C19H27ClF3NO4. The van der Waals surface area contributed by atoms with Gasteiger partial charge in [-0.15, -0.1) is 13.2 Å². The number of rotatable bonds is 3. The summed E-state index contributed by atoms with van der Waals surface area (Å²) in [6.45, 7) is 10.2. The predicted octanol–water partition coefficient (Wildman–Crippen LogP) is 6.04. The van der Waals surface area contributed by atoms with Crippen LogP contribution in [0.5, 0.6) is 11.5 Å². The summed E-state index contributed by atoms with van der Waals surface area (Å²) in [4.78, 5) is 13.6. The Morgan fingerprint density at radius 3 is 2.11 bits per heavy atom.